The van der Waals surface area contributed by atoms with Gasteiger partial charge in [0.15, 0.2) is 0 Å². The summed E-state index contributed by atoms with van der Waals surface area (Å²) >= 11 is 0. The summed E-state index contributed by atoms with van der Waals surface area (Å²) in [6, 6.07) is 12.3. The molecule has 1 fully saturated rings. The van der Waals surface area contributed by atoms with Gasteiger partial charge in [-0.1, -0.05) is 6.07 Å². The molecule has 4 rings (SSSR count). The Morgan fingerprint density at radius 2 is 1.87 bits per heavy atom. The molecule has 1 aliphatic rings. The molecule has 10 heteroatoms. The monoisotopic (exact) mass is 529 g/mol. The molecule has 1 aliphatic heterocycles. The number of fused-ring (bicyclic) bond motifs is 1. The number of hydrogen-bond donors (Lipinski definition) is 1. The Kier molecular flexibility index (Phi) is 8.61. The van der Waals surface area contributed by atoms with E-state index in [1.54, 1.807) is 43.5 Å². The number of benzene rings is 1. The van der Waals surface area contributed by atoms with Gasteiger partial charge in [-0.2, -0.15) is 5.26 Å². The molecule has 0 aliphatic carbocycles. The lowest BCUT2D eigenvalue weighted by atomic mass is 9.96. The zero-order valence-electron chi connectivity index (χ0n) is 22.3. The Morgan fingerprint density at radius 3 is 2.51 bits per heavy atom. The van der Waals surface area contributed by atoms with Crippen LogP contribution in [0.4, 0.5) is 11.5 Å². The molecule has 1 N–H and O–H groups in total. The van der Waals surface area contributed by atoms with Crippen molar-refractivity contribution in [1.29, 1.82) is 5.26 Å². The van der Waals surface area contributed by atoms with Gasteiger partial charge >= 0.3 is 5.97 Å². The van der Waals surface area contributed by atoms with Gasteiger partial charge in [-0.15, -0.1) is 0 Å². The van der Waals surface area contributed by atoms with Gasteiger partial charge in [-0.05, 0) is 75.6 Å². The van der Waals surface area contributed by atoms with Crippen molar-refractivity contribution in [3.8, 4) is 11.8 Å². The number of nitriles is 1. The molecule has 0 saturated carbocycles. The number of nitrogens with zero attached hydrogens (tertiary/aromatic N) is 4. The number of carbonyl (C=O) groups is 2. The molecule has 10 nitrogen and oxygen atoms in total. The van der Waals surface area contributed by atoms with E-state index in [0.717, 1.165) is 5.56 Å². The van der Waals surface area contributed by atoms with Gasteiger partial charge in [0.25, 0.3) is 11.5 Å². The summed E-state index contributed by atoms with van der Waals surface area (Å²) in [5.74, 6) is -0.0653. The Labute approximate surface area is 226 Å². The van der Waals surface area contributed by atoms with Crippen molar-refractivity contribution in [1.82, 2.24) is 9.38 Å². The largest absolute Gasteiger partial charge is 0.494 e. The van der Waals surface area contributed by atoms with E-state index < -0.39 is 11.5 Å². The Balaban J connectivity index is 1.70. The number of nitrogens with one attached hydrogen (secondary N) is 1. The minimum absolute atomic E-state index is 0.131. The van der Waals surface area contributed by atoms with E-state index in [1.807, 2.05) is 30.9 Å². The number of carbonyl (C=O) groups excluding carboxylic acids is 2. The zero-order valence-corrected chi connectivity index (χ0v) is 22.3. The number of piperidine rings is 1. The summed E-state index contributed by atoms with van der Waals surface area (Å²) in [5.41, 5.74) is 1.27. The van der Waals surface area contributed by atoms with Gasteiger partial charge in [0.1, 0.15) is 28.9 Å². The second kappa shape index (κ2) is 12.3. The molecule has 1 aromatic carbocycles. The van der Waals surface area contributed by atoms with Crippen molar-refractivity contribution in [3.05, 3.63) is 69.6 Å². The highest BCUT2D eigenvalue weighted by Crippen LogP contribution is 2.27. The maximum atomic E-state index is 13.7. The minimum atomic E-state index is -0.651. The third-order valence-electron chi connectivity index (χ3n) is 6.56. The lowest BCUT2D eigenvalue weighted by molar-refractivity contribution is -0.148. The number of aryl methyl sites for hydroxylation is 1. The van der Waals surface area contributed by atoms with Gasteiger partial charge in [0.2, 0.25) is 0 Å². The highest BCUT2D eigenvalue weighted by Gasteiger charge is 2.29. The lowest BCUT2D eigenvalue weighted by Gasteiger charge is -2.32. The van der Waals surface area contributed by atoms with E-state index in [9.17, 15) is 19.6 Å². The molecular formula is C29H31N5O5. The third-order valence-corrected chi connectivity index (χ3v) is 6.56. The molecule has 0 spiro atoms. The molecule has 0 atom stereocenters. The molecule has 1 amide bonds. The van der Waals surface area contributed by atoms with Crippen LogP contribution in [0.3, 0.4) is 0 Å². The van der Waals surface area contributed by atoms with E-state index in [2.05, 4.69) is 5.32 Å². The fourth-order valence-electron chi connectivity index (χ4n) is 4.55. The van der Waals surface area contributed by atoms with Gasteiger partial charge in [0, 0.05) is 25.0 Å². The molecule has 2 aromatic heterocycles. The molecule has 39 heavy (non-hydrogen) atoms. The number of hydrogen-bond acceptors (Lipinski definition) is 8. The highest BCUT2D eigenvalue weighted by atomic mass is 16.5. The Bertz CT molecular complexity index is 1500. The summed E-state index contributed by atoms with van der Waals surface area (Å²) < 4.78 is 12.0. The Morgan fingerprint density at radius 1 is 1.15 bits per heavy atom. The number of amides is 1. The van der Waals surface area contributed by atoms with Crippen LogP contribution in [-0.2, 0) is 14.3 Å². The van der Waals surface area contributed by atoms with E-state index in [0.29, 0.717) is 62.0 Å². The molecule has 0 radical (unpaired) electrons. The van der Waals surface area contributed by atoms with Crippen LogP contribution in [0.5, 0.6) is 5.75 Å². The van der Waals surface area contributed by atoms with Crippen molar-refractivity contribution >= 4 is 35.1 Å². The predicted octanol–water partition coefficient (Wildman–Crippen LogP) is 3.73. The second-order valence-electron chi connectivity index (χ2n) is 9.13. The predicted molar refractivity (Wildman–Crippen MR) is 148 cm³/mol. The molecule has 0 bridgehead atoms. The zero-order chi connectivity index (χ0) is 27.9. The van der Waals surface area contributed by atoms with E-state index in [1.165, 1.54) is 10.5 Å². The highest BCUT2D eigenvalue weighted by molar-refractivity contribution is 6.10. The molecule has 0 unspecified atom stereocenters. The van der Waals surface area contributed by atoms with Crippen LogP contribution in [0.25, 0.3) is 11.7 Å². The molecule has 3 heterocycles. The molecular weight excluding hydrogens is 498 g/mol. The van der Waals surface area contributed by atoms with Crippen molar-refractivity contribution in [2.24, 2.45) is 5.92 Å². The van der Waals surface area contributed by atoms with Gasteiger partial charge in [0.05, 0.1) is 24.7 Å². The average Bonchev–Trinajstić information content (AvgIpc) is 2.94. The molecule has 3 aromatic rings. The lowest BCUT2D eigenvalue weighted by Crippen LogP contribution is -2.39. The van der Waals surface area contributed by atoms with E-state index in [4.69, 9.17) is 14.5 Å². The maximum absolute atomic E-state index is 13.7. The number of aromatic nitrogens is 2. The van der Waals surface area contributed by atoms with Crippen LogP contribution < -0.4 is 20.5 Å². The minimum Gasteiger partial charge on any atom is -0.494 e. The number of ether oxygens (including phenoxy) is 2. The van der Waals surface area contributed by atoms with Gasteiger partial charge < -0.3 is 19.7 Å². The summed E-state index contributed by atoms with van der Waals surface area (Å²) in [4.78, 5) is 45.6. The van der Waals surface area contributed by atoms with Crippen molar-refractivity contribution in [2.75, 3.05) is 36.5 Å². The first-order valence-electron chi connectivity index (χ1n) is 13.0. The SMILES string of the molecule is CCOC(=O)C1CCN(c2nc3c(C)cccn3c(=O)c2/C=C(\C#N)C(=O)Nc2ccc(OCC)cc2)CC1. The standard InChI is InChI=1S/C29H31N5O5/c1-4-38-23-10-8-22(9-11-23)31-27(35)21(18-30)17-24-26(32-25-19(3)7-6-14-34(25)28(24)36)33-15-12-20(13-16-33)29(37)39-5-2/h6-11,14,17,20H,4-5,12-13,15-16H2,1-3H3,(H,31,35)/b21-17+. The van der Waals surface area contributed by atoms with Crippen LogP contribution in [0.2, 0.25) is 0 Å². The van der Waals surface area contributed by atoms with Crippen molar-refractivity contribution < 1.29 is 19.1 Å². The summed E-state index contributed by atoms with van der Waals surface area (Å²) in [6.07, 6.45) is 3.99. The molecule has 1 saturated heterocycles. The van der Waals surface area contributed by atoms with Crippen molar-refractivity contribution in [3.63, 3.8) is 0 Å². The van der Waals surface area contributed by atoms with Crippen LogP contribution in [0.15, 0.2) is 53.0 Å². The third kappa shape index (κ3) is 6.09. The first kappa shape index (κ1) is 27.4. The molecule has 202 valence electrons. The number of esters is 1. The van der Waals surface area contributed by atoms with Crippen LogP contribution in [-0.4, -0.2) is 47.6 Å². The average molecular weight is 530 g/mol. The smallest absolute Gasteiger partial charge is 0.309 e. The quantitative estimate of drug-likeness (QED) is 0.266. The van der Waals surface area contributed by atoms with E-state index in [-0.39, 0.29) is 23.0 Å². The van der Waals surface area contributed by atoms with Crippen LogP contribution >= 0.6 is 0 Å². The summed E-state index contributed by atoms with van der Waals surface area (Å²) in [5, 5.41) is 12.6. The number of anilines is 2. The van der Waals surface area contributed by atoms with E-state index >= 15 is 0 Å². The summed E-state index contributed by atoms with van der Waals surface area (Å²) in [6.45, 7) is 7.30. The first-order chi connectivity index (χ1) is 18.9. The van der Waals surface area contributed by atoms with Gasteiger partial charge in [-0.3, -0.25) is 18.8 Å². The first-order valence-corrected chi connectivity index (χ1v) is 13.0. The topological polar surface area (TPSA) is 126 Å². The summed E-state index contributed by atoms with van der Waals surface area (Å²) in [7, 11) is 0. The van der Waals surface area contributed by atoms with Gasteiger partial charge in [-0.25, -0.2) is 4.98 Å². The van der Waals surface area contributed by atoms with Crippen molar-refractivity contribution in [2.45, 2.75) is 33.6 Å². The fraction of sp³-hybridized carbons (Fsp3) is 0.345. The maximum Gasteiger partial charge on any atom is 0.309 e. The normalized spacial score (nSPS) is 14.1. The van der Waals surface area contributed by atoms with Crippen LogP contribution in [0.1, 0.15) is 37.8 Å². The Hall–Kier alpha value is -4.65. The van der Waals surface area contributed by atoms with Crippen LogP contribution in [0, 0.1) is 24.2 Å². The number of pyridine rings is 1. The number of rotatable bonds is 8. The fourth-order valence-corrected chi connectivity index (χ4v) is 4.55. The second-order valence-corrected chi connectivity index (χ2v) is 9.13.